The molecule has 1 atom stereocenters. The van der Waals surface area contributed by atoms with Crippen LogP contribution in [0.4, 0.5) is 0 Å². The van der Waals surface area contributed by atoms with Crippen molar-refractivity contribution in [2.45, 2.75) is 25.8 Å². The van der Waals surface area contributed by atoms with Crippen LogP contribution in [0.25, 0.3) is 0 Å². The van der Waals surface area contributed by atoms with Crippen molar-refractivity contribution in [3.8, 4) is 5.75 Å². The van der Waals surface area contributed by atoms with Gasteiger partial charge >= 0.3 is 0 Å². The van der Waals surface area contributed by atoms with Crippen LogP contribution < -0.4 is 10.1 Å². The van der Waals surface area contributed by atoms with Crippen molar-refractivity contribution < 1.29 is 4.74 Å². The lowest BCUT2D eigenvalue weighted by Crippen LogP contribution is -2.31. The predicted octanol–water partition coefficient (Wildman–Crippen LogP) is 3.76. The monoisotopic (exact) mass is 273 g/mol. The zero-order valence-electron chi connectivity index (χ0n) is 9.88. The average Bonchev–Trinajstić information content (AvgIpc) is 3.12. The standard InChI is InChI=1S/C13H17Cl2NO/c1-9(10-2-3-10)16-6-7-17-13-8-11(14)4-5-12(13)15/h4-5,8-10,16H,2-3,6-7H2,1H3. The molecule has 0 aromatic heterocycles. The van der Waals surface area contributed by atoms with E-state index in [1.54, 1.807) is 18.2 Å². The van der Waals surface area contributed by atoms with E-state index < -0.39 is 0 Å². The van der Waals surface area contributed by atoms with Crippen LogP contribution in [0.5, 0.6) is 5.75 Å². The maximum absolute atomic E-state index is 5.99. The third kappa shape index (κ3) is 4.06. The molecule has 1 N–H and O–H groups in total. The molecule has 0 bridgehead atoms. The van der Waals surface area contributed by atoms with Gasteiger partial charge in [-0.3, -0.25) is 0 Å². The second-order valence-electron chi connectivity index (χ2n) is 4.50. The first-order chi connectivity index (χ1) is 8.16. The Balaban J connectivity index is 1.71. The molecule has 1 saturated carbocycles. The van der Waals surface area contributed by atoms with Gasteiger partial charge in [0.05, 0.1) is 5.02 Å². The van der Waals surface area contributed by atoms with Crippen LogP contribution in [0.3, 0.4) is 0 Å². The molecule has 2 nitrogen and oxygen atoms in total. The lowest BCUT2D eigenvalue weighted by atomic mass is 10.2. The Hall–Kier alpha value is -0.440. The molecule has 0 heterocycles. The molecule has 94 valence electrons. The van der Waals surface area contributed by atoms with Crippen LogP contribution >= 0.6 is 23.2 Å². The van der Waals surface area contributed by atoms with Crippen LogP contribution in [0, 0.1) is 5.92 Å². The van der Waals surface area contributed by atoms with E-state index >= 15 is 0 Å². The molecule has 1 aromatic carbocycles. The Morgan fingerprint density at radius 1 is 1.41 bits per heavy atom. The van der Waals surface area contributed by atoms with Gasteiger partial charge in [-0.05, 0) is 37.8 Å². The minimum atomic E-state index is 0.591. The van der Waals surface area contributed by atoms with Gasteiger partial charge in [0.2, 0.25) is 0 Å². The number of rotatable bonds is 6. The van der Waals surface area contributed by atoms with Gasteiger partial charge in [-0.25, -0.2) is 0 Å². The third-order valence-electron chi connectivity index (χ3n) is 3.05. The first kappa shape index (κ1) is 13.0. The summed E-state index contributed by atoms with van der Waals surface area (Å²) in [7, 11) is 0. The van der Waals surface area contributed by atoms with Crippen molar-refractivity contribution in [1.82, 2.24) is 5.32 Å². The molecule has 0 amide bonds. The number of benzene rings is 1. The maximum atomic E-state index is 5.99. The zero-order chi connectivity index (χ0) is 12.3. The lowest BCUT2D eigenvalue weighted by Gasteiger charge is -2.13. The molecule has 2 rings (SSSR count). The zero-order valence-corrected chi connectivity index (χ0v) is 11.4. The topological polar surface area (TPSA) is 21.3 Å². The molecule has 1 fully saturated rings. The van der Waals surface area contributed by atoms with Crippen molar-refractivity contribution in [3.05, 3.63) is 28.2 Å². The van der Waals surface area contributed by atoms with E-state index in [0.29, 0.717) is 28.4 Å². The summed E-state index contributed by atoms with van der Waals surface area (Å²) in [5.74, 6) is 1.52. The number of ether oxygens (including phenoxy) is 1. The molecule has 0 saturated heterocycles. The maximum Gasteiger partial charge on any atom is 0.139 e. The van der Waals surface area contributed by atoms with Gasteiger partial charge in [0.25, 0.3) is 0 Å². The van der Waals surface area contributed by atoms with Crippen molar-refractivity contribution in [1.29, 1.82) is 0 Å². The Bertz CT molecular complexity index is 380. The fourth-order valence-corrected chi connectivity index (χ4v) is 2.13. The second-order valence-corrected chi connectivity index (χ2v) is 5.35. The van der Waals surface area contributed by atoms with Crippen molar-refractivity contribution in [2.75, 3.05) is 13.2 Å². The second kappa shape index (κ2) is 5.94. The van der Waals surface area contributed by atoms with Crippen molar-refractivity contribution >= 4 is 23.2 Å². The van der Waals surface area contributed by atoms with E-state index in [1.165, 1.54) is 12.8 Å². The number of hydrogen-bond donors (Lipinski definition) is 1. The highest BCUT2D eigenvalue weighted by molar-refractivity contribution is 6.34. The molecule has 17 heavy (non-hydrogen) atoms. The first-order valence-corrected chi connectivity index (χ1v) is 6.73. The van der Waals surface area contributed by atoms with Crippen LogP contribution in [0.1, 0.15) is 19.8 Å². The molecule has 0 spiro atoms. The van der Waals surface area contributed by atoms with E-state index in [1.807, 2.05) is 0 Å². The van der Waals surface area contributed by atoms with E-state index in [4.69, 9.17) is 27.9 Å². The van der Waals surface area contributed by atoms with E-state index in [-0.39, 0.29) is 0 Å². The van der Waals surface area contributed by atoms with Gasteiger partial charge < -0.3 is 10.1 Å². The molecule has 0 radical (unpaired) electrons. The molecular formula is C13H17Cl2NO. The highest BCUT2D eigenvalue weighted by atomic mass is 35.5. The smallest absolute Gasteiger partial charge is 0.139 e. The summed E-state index contributed by atoms with van der Waals surface area (Å²) in [6.07, 6.45) is 2.71. The van der Waals surface area contributed by atoms with E-state index in [2.05, 4.69) is 12.2 Å². The Morgan fingerprint density at radius 3 is 2.88 bits per heavy atom. The summed E-state index contributed by atoms with van der Waals surface area (Å²) in [6, 6.07) is 5.84. The van der Waals surface area contributed by atoms with Crippen molar-refractivity contribution in [2.24, 2.45) is 5.92 Å². The normalized spacial score (nSPS) is 16.9. The molecule has 4 heteroatoms. The molecule has 1 aliphatic carbocycles. The van der Waals surface area contributed by atoms with Gasteiger partial charge in [-0.2, -0.15) is 0 Å². The summed E-state index contributed by atoms with van der Waals surface area (Å²) < 4.78 is 5.59. The van der Waals surface area contributed by atoms with Gasteiger partial charge in [-0.15, -0.1) is 0 Å². The van der Waals surface area contributed by atoms with Crippen LogP contribution in [0.2, 0.25) is 10.0 Å². The Kier molecular flexibility index (Phi) is 4.55. The van der Waals surface area contributed by atoms with Gasteiger partial charge in [-0.1, -0.05) is 23.2 Å². The fraction of sp³-hybridized carbons (Fsp3) is 0.538. The van der Waals surface area contributed by atoms with E-state index in [0.717, 1.165) is 12.5 Å². The summed E-state index contributed by atoms with van der Waals surface area (Å²) in [5, 5.41) is 4.69. The predicted molar refractivity (Wildman–Crippen MR) is 72.1 cm³/mol. The Morgan fingerprint density at radius 2 is 2.18 bits per heavy atom. The van der Waals surface area contributed by atoms with Gasteiger partial charge in [0.15, 0.2) is 0 Å². The Labute approximate surface area is 112 Å². The van der Waals surface area contributed by atoms with Crippen molar-refractivity contribution in [3.63, 3.8) is 0 Å². The van der Waals surface area contributed by atoms with Gasteiger partial charge in [0, 0.05) is 23.7 Å². The highest BCUT2D eigenvalue weighted by Crippen LogP contribution is 2.32. The number of nitrogens with one attached hydrogen (secondary N) is 1. The van der Waals surface area contributed by atoms with Crippen LogP contribution in [0.15, 0.2) is 18.2 Å². The summed E-state index contributed by atoms with van der Waals surface area (Å²) >= 11 is 11.9. The molecule has 1 aliphatic rings. The molecule has 0 aliphatic heterocycles. The minimum Gasteiger partial charge on any atom is -0.491 e. The summed E-state index contributed by atoms with van der Waals surface area (Å²) in [5.41, 5.74) is 0. The largest absolute Gasteiger partial charge is 0.491 e. The van der Waals surface area contributed by atoms with Gasteiger partial charge in [0.1, 0.15) is 12.4 Å². The summed E-state index contributed by atoms with van der Waals surface area (Å²) in [6.45, 7) is 3.67. The minimum absolute atomic E-state index is 0.591. The fourth-order valence-electron chi connectivity index (χ4n) is 1.80. The first-order valence-electron chi connectivity index (χ1n) is 5.98. The quantitative estimate of drug-likeness (QED) is 0.797. The number of hydrogen-bond acceptors (Lipinski definition) is 2. The lowest BCUT2D eigenvalue weighted by molar-refractivity contribution is 0.303. The molecule has 1 unspecified atom stereocenters. The third-order valence-corrected chi connectivity index (χ3v) is 3.60. The van der Waals surface area contributed by atoms with Crippen LogP contribution in [-0.4, -0.2) is 19.2 Å². The molecular weight excluding hydrogens is 257 g/mol. The number of halogens is 2. The van der Waals surface area contributed by atoms with Crippen LogP contribution in [-0.2, 0) is 0 Å². The highest BCUT2D eigenvalue weighted by Gasteiger charge is 2.27. The summed E-state index contributed by atoms with van der Waals surface area (Å²) in [4.78, 5) is 0. The molecule has 1 aromatic rings. The van der Waals surface area contributed by atoms with E-state index in [9.17, 15) is 0 Å². The average molecular weight is 274 g/mol. The SMILES string of the molecule is CC(NCCOc1cc(Cl)ccc1Cl)C1CC1.